The summed E-state index contributed by atoms with van der Waals surface area (Å²) in [7, 11) is 1.75. The molecule has 110 valence electrons. The molecule has 2 rings (SSSR count). The van der Waals surface area contributed by atoms with Crippen LogP contribution in [-0.4, -0.2) is 17.9 Å². The smallest absolute Gasteiger partial charge is 0.227 e. The lowest BCUT2D eigenvalue weighted by atomic mass is 10.1. The van der Waals surface area contributed by atoms with Gasteiger partial charge >= 0.3 is 0 Å². The zero-order valence-corrected chi connectivity index (χ0v) is 13.2. The van der Waals surface area contributed by atoms with Crippen molar-refractivity contribution < 1.29 is 4.79 Å². The summed E-state index contributed by atoms with van der Waals surface area (Å²) >= 11 is 11.9. The van der Waals surface area contributed by atoms with E-state index in [4.69, 9.17) is 28.9 Å². The molecule has 0 heterocycles. The summed E-state index contributed by atoms with van der Waals surface area (Å²) in [5, 5.41) is 0.994. The molecule has 2 aromatic rings. The number of nitrogens with zero attached hydrogens (tertiary/aromatic N) is 1. The van der Waals surface area contributed by atoms with E-state index in [-0.39, 0.29) is 12.3 Å². The number of hydrogen-bond acceptors (Lipinski definition) is 2. The molecule has 0 spiro atoms. The topological polar surface area (TPSA) is 46.3 Å². The molecule has 1 amide bonds. The number of anilines is 1. The van der Waals surface area contributed by atoms with Gasteiger partial charge in [0, 0.05) is 19.3 Å². The Balaban J connectivity index is 2.02. The Bertz CT molecular complexity index is 658. The summed E-state index contributed by atoms with van der Waals surface area (Å²) in [6.45, 7) is 0.475. The second kappa shape index (κ2) is 6.83. The van der Waals surface area contributed by atoms with Crippen molar-refractivity contribution in [2.45, 2.75) is 13.0 Å². The minimum Gasteiger partial charge on any atom is -0.398 e. The quantitative estimate of drug-likeness (QED) is 0.871. The maximum atomic E-state index is 12.2. The molecule has 2 aromatic carbocycles. The monoisotopic (exact) mass is 322 g/mol. The summed E-state index contributed by atoms with van der Waals surface area (Å²) in [5.41, 5.74) is 8.26. The first kappa shape index (κ1) is 15.7. The molecule has 0 fully saturated rings. The molecule has 0 aliphatic carbocycles. The van der Waals surface area contributed by atoms with Gasteiger partial charge in [-0.3, -0.25) is 4.79 Å². The average Bonchev–Trinajstić information content (AvgIpc) is 2.45. The van der Waals surface area contributed by atoms with Crippen molar-refractivity contribution in [2.75, 3.05) is 12.8 Å². The zero-order chi connectivity index (χ0) is 15.4. The third-order valence-corrected chi connectivity index (χ3v) is 3.97. The first-order valence-corrected chi connectivity index (χ1v) is 7.24. The predicted molar refractivity (Wildman–Crippen MR) is 87.5 cm³/mol. The molecule has 0 saturated heterocycles. The van der Waals surface area contributed by atoms with Crippen LogP contribution in [0.4, 0.5) is 5.69 Å². The molecule has 2 N–H and O–H groups in total. The van der Waals surface area contributed by atoms with Gasteiger partial charge in [-0.05, 0) is 29.3 Å². The van der Waals surface area contributed by atoms with E-state index in [0.717, 1.165) is 11.1 Å². The summed E-state index contributed by atoms with van der Waals surface area (Å²) in [6.07, 6.45) is 0.282. The van der Waals surface area contributed by atoms with Gasteiger partial charge in [-0.25, -0.2) is 0 Å². The van der Waals surface area contributed by atoms with Crippen LogP contribution in [0.1, 0.15) is 11.1 Å². The number of halogens is 2. The van der Waals surface area contributed by atoms with E-state index >= 15 is 0 Å². The van der Waals surface area contributed by atoms with Gasteiger partial charge in [0.25, 0.3) is 0 Å². The highest BCUT2D eigenvalue weighted by Crippen LogP contribution is 2.23. The normalized spacial score (nSPS) is 10.4. The number of carbonyl (C=O) groups excluding carboxylic acids is 1. The Hall–Kier alpha value is -1.71. The molecular weight excluding hydrogens is 307 g/mol. The van der Waals surface area contributed by atoms with Gasteiger partial charge < -0.3 is 10.6 Å². The molecule has 0 aliphatic heterocycles. The van der Waals surface area contributed by atoms with Crippen LogP contribution in [0.3, 0.4) is 0 Å². The highest BCUT2D eigenvalue weighted by molar-refractivity contribution is 6.42. The molecule has 0 atom stereocenters. The van der Waals surface area contributed by atoms with Crippen LogP contribution in [0.25, 0.3) is 0 Å². The van der Waals surface area contributed by atoms with E-state index in [2.05, 4.69) is 0 Å². The first-order valence-electron chi connectivity index (χ1n) is 6.48. The van der Waals surface area contributed by atoms with Crippen molar-refractivity contribution in [2.24, 2.45) is 0 Å². The van der Waals surface area contributed by atoms with E-state index < -0.39 is 0 Å². The lowest BCUT2D eigenvalue weighted by Gasteiger charge is -2.18. The number of rotatable bonds is 4. The zero-order valence-electron chi connectivity index (χ0n) is 11.6. The van der Waals surface area contributed by atoms with Crippen LogP contribution in [0.2, 0.25) is 10.0 Å². The molecule has 0 aromatic heterocycles. The van der Waals surface area contributed by atoms with Gasteiger partial charge in [0.05, 0.1) is 16.5 Å². The Kier molecular flexibility index (Phi) is 5.10. The van der Waals surface area contributed by atoms with Crippen molar-refractivity contribution in [3.05, 3.63) is 63.6 Å². The number of benzene rings is 2. The van der Waals surface area contributed by atoms with Crippen molar-refractivity contribution in [3.63, 3.8) is 0 Å². The summed E-state index contributed by atoms with van der Waals surface area (Å²) in [5.74, 6) is -0.000951. The maximum Gasteiger partial charge on any atom is 0.227 e. The Morgan fingerprint density at radius 3 is 2.52 bits per heavy atom. The minimum atomic E-state index is -0.000951. The highest BCUT2D eigenvalue weighted by Gasteiger charge is 2.12. The second-order valence-corrected chi connectivity index (χ2v) is 5.69. The van der Waals surface area contributed by atoms with Gasteiger partial charge in [-0.2, -0.15) is 0 Å². The number of nitrogen functional groups attached to an aromatic ring is 1. The summed E-state index contributed by atoms with van der Waals surface area (Å²) < 4.78 is 0. The summed E-state index contributed by atoms with van der Waals surface area (Å²) in [6, 6.07) is 12.7. The fraction of sp³-hybridized carbons (Fsp3) is 0.188. The Morgan fingerprint density at radius 2 is 1.86 bits per heavy atom. The number of amides is 1. The summed E-state index contributed by atoms with van der Waals surface area (Å²) in [4.78, 5) is 13.9. The van der Waals surface area contributed by atoms with Crippen molar-refractivity contribution >= 4 is 34.8 Å². The van der Waals surface area contributed by atoms with Crippen LogP contribution in [0.5, 0.6) is 0 Å². The number of para-hydroxylation sites is 1. The van der Waals surface area contributed by atoms with Crippen LogP contribution in [0, 0.1) is 0 Å². The standard InChI is InChI=1S/C16H16Cl2N2O/c1-20(10-11-6-7-13(17)14(18)8-11)16(21)9-12-4-2-3-5-15(12)19/h2-8H,9-10,19H2,1H3. The molecular formula is C16H16Cl2N2O. The van der Waals surface area contributed by atoms with Crippen molar-refractivity contribution in [3.8, 4) is 0 Å². The minimum absolute atomic E-state index is 0.000951. The van der Waals surface area contributed by atoms with E-state index in [1.54, 1.807) is 30.1 Å². The Morgan fingerprint density at radius 1 is 1.14 bits per heavy atom. The second-order valence-electron chi connectivity index (χ2n) is 4.87. The average molecular weight is 323 g/mol. The number of hydrogen-bond donors (Lipinski definition) is 1. The SMILES string of the molecule is CN(Cc1ccc(Cl)c(Cl)c1)C(=O)Cc1ccccc1N. The van der Waals surface area contributed by atoms with Gasteiger partial charge in [0.2, 0.25) is 5.91 Å². The number of carbonyl (C=O) groups is 1. The van der Waals surface area contributed by atoms with Crippen LogP contribution < -0.4 is 5.73 Å². The van der Waals surface area contributed by atoms with E-state index in [9.17, 15) is 4.79 Å². The van der Waals surface area contributed by atoms with Gasteiger partial charge in [0.15, 0.2) is 0 Å². The van der Waals surface area contributed by atoms with Crippen LogP contribution in [0.15, 0.2) is 42.5 Å². The molecule has 21 heavy (non-hydrogen) atoms. The van der Waals surface area contributed by atoms with E-state index in [1.165, 1.54) is 0 Å². The van der Waals surface area contributed by atoms with Gasteiger partial charge in [0.1, 0.15) is 0 Å². The van der Waals surface area contributed by atoms with Crippen molar-refractivity contribution in [1.82, 2.24) is 4.90 Å². The fourth-order valence-corrected chi connectivity index (χ4v) is 2.31. The van der Waals surface area contributed by atoms with Crippen molar-refractivity contribution in [1.29, 1.82) is 0 Å². The van der Waals surface area contributed by atoms with E-state index in [1.807, 2.05) is 24.3 Å². The molecule has 0 bridgehead atoms. The molecule has 0 saturated carbocycles. The largest absolute Gasteiger partial charge is 0.398 e. The third-order valence-electron chi connectivity index (χ3n) is 3.23. The molecule has 0 radical (unpaired) electrons. The fourth-order valence-electron chi connectivity index (χ4n) is 1.99. The van der Waals surface area contributed by atoms with Crippen LogP contribution >= 0.6 is 23.2 Å². The van der Waals surface area contributed by atoms with Gasteiger partial charge in [-0.1, -0.05) is 47.5 Å². The van der Waals surface area contributed by atoms with Gasteiger partial charge in [-0.15, -0.1) is 0 Å². The molecule has 0 unspecified atom stereocenters. The first-order chi connectivity index (χ1) is 9.97. The number of nitrogens with two attached hydrogens (primary N) is 1. The lowest BCUT2D eigenvalue weighted by molar-refractivity contribution is -0.129. The lowest BCUT2D eigenvalue weighted by Crippen LogP contribution is -2.28. The third kappa shape index (κ3) is 4.13. The maximum absolute atomic E-state index is 12.2. The molecule has 3 nitrogen and oxygen atoms in total. The Labute approximate surface area is 134 Å². The molecule has 5 heteroatoms. The number of likely N-dealkylation sites (N-methyl/N-ethyl adjacent to an activating group) is 1. The predicted octanol–water partition coefficient (Wildman–Crippen LogP) is 3.78. The van der Waals surface area contributed by atoms with E-state index in [0.29, 0.717) is 22.3 Å². The van der Waals surface area contributed by atoms with Crippen LogP contribution in [-0.2, 0) is 17.8 Å². The highest BCUT2D eigenvalue weighted by atomic mass is 35.5. The molecule has 0 aliphatic rings.